The van der Waals surface area contributed by atoms with Gasteiger partial charge in [-0.1, -0.05) is 25.4 Å². The van der Waals surface area contributed by atoms with Crippen molar-refractivity contribution in [1.29, 1.82) is 0 Å². The third kappa shape index (κ3) is 5.83. The van der Waals surface area contributed by atoms with Crippen molar-refractivity contribution in [3.05, 3.63) is 23.2 Å². The van der Waals surface area contributed by atoms with Gasteiger partial charge >= 0.3 is 5.97 Å². The fourth-order valence-corrected chi connectivity index (χ4v) is 1.47. The minimum atomic E-state index is -0.419. The second-order valence-corrected chi connectivity index (χ2v) is 4.83. The first kappa shape index (κ1) is 15.6. The van der Waals surface area contributed by atoms with Crippen LogP contribution in [0, 0.1) is 5.92 Å². The molecule has 5 heteroatoms. The first-order chi connectivity index (χ1) is 9.02. The van der Waals surface area contributed by atoms with Crippen LogP contribution in [0.15, 0.2) is 18.2 Å². The number of esters is 1. The fourth-order valence-electron chi connectivity index (χ4n) is 1.31. The molecule has 0 aromatic heterocycles. The zero-order valence-corrected chi connectivity index (χ0v) is 12.2. The summed E-state index contributed by atoms with van der Waals surface area (Å²) in [7, 11) is 0. The summed E-state index contributed by atoms with van der Waals surface area (Å²) in [6.07, 6.45) is 0. The molecule has 0 saturated heterocycles. The van der Waals surface area contributed by atoms with Gasteiger partial charge in [-0.25, -0.2) is 4.79 Å². The second-order valence-electron chi connectivity index (χ2n) is 4.39. The van der Waals surface area contributed by atoms with E-state index in [9.17, 15) is 4.79 Å². The molecule has 19 heavy (non-hydrogen) atoms. The summed E-state index contributed by atoms with van der Waals surface area (Å²) in [4.78, 5) is 11.3. The zero-order valence-electron chi connectivity index (χ0n) is 11.4. The van der Waals surface area contributed by atoms with E-state index in [-0.39, 0.29) is 6.61 Å². The predicted octanol–water partition coefficient (Wildman–Crippen LogP) is 3.32. The Kier molecular flexibility index (Phi) is 6.50. The van der Waals surface area contributed by atoms with Crippen LogP contribution in [-0.2, 0) is 9.53 Å². The molecule has 0 bridgehead atoms. The first-order valence-corrected chi connectivity index (χ1v) is 6.61. The highest BCUT2D eigenvalue weighted by Gasteiger charge is 2.10. The molecule has 0 aliphatic carbocycles. The SMILES string of the molecule is CCOC(=O)COc1cc(Cl)ccc1OCC(C)C. The van der Waals surface area contributed by atoms with Crippen LogP contribution in [0.25, 0.3) is 0 Å². The monoisotopic (exact) mass is 286 g/mol. The number of rotatable bonds is 7. The van der Waals surface area contributed by atoms with Gasteiger partial charge < -0.3 is 14.2 Å². The van der Waals surface area contributed by atoms with Crippen molar-refractivity contribution in [2.24, 2.45) is 5.92 Å². The Morgan fingerprint density at radius 2 is 2.00 bits per heavy atom. The normalized spacial score (nSPS) is 10.4. The first-order valence-electron chi connectivity index (χ1n) is 6.23. The summed E-state index contributed by atoms with van der Waals surface area (Å²) in [5.74, 6) is 0.995. The van der Waals surface area contributed by atoms with Gasteiger partial charge in [-0.15, -0.1) is 0 Å². The van der Waals surface area contributed by atoms with Crippen molar-refractivity contribution >= 4 is 17.6 Å². The number of hydrogen-bond acceptors (Lipinski definition) is 4. The van der Waals surface area contributed by atoms with E-state index in [1.807, 2.05) is 0 Å². The molecule has 1 rings (SSSR count). The van der Waals surface area contributed by atoms with Crippen LogP contribution in [0.3, 0.4) is 0 Å². The quantitative estimate of drug-likeness (QED) is 0.721. The van der Waals surface area contributed by atoms with Crippen LogP contribution in [0.2, 0.25) is 5.02 Å². The van der Waals surface area contributed by atoms with Crippen molar-refractivity contribution in [3.8, 4) is 11.5 Å². The molecule has 0 radical (unpaired) electrons. The van der Waals surface area contributed by atoms with E-state index in [0.29, 0.717) is 35.7 Å². The molecule has 4 nitrogen and oxygen atoms in total. The van der Waals surface area contributed by atoms with Crippen molar-refractivity contribution in [2.45, 2.75) is 20.8 Å². The van der Waals surface area contributed by atoms with Crippen LogP contribution < -0.4 is 9.47 Å². The van der Waals surface area contributed by atoms with E-state index in [1.54, 1.807) is 25.1 Å². The highest BCUT2D eigenvalue weighted by atomic mass is 35.5. The van der Waals surface area contributed by atoms with Gasteiger partial charge in [0.1, 0.15) is 0 Å². The van der Waals surface area contributed by atoms with Crippen molar-refractivity contribution in [2.75, 3.05) is 19.8 Å². The van der Waals surface area contributed by atoms with E-state index in [1.165, 1.54) is 0 Å². The molecule has 0 aliphatic rings. The summed E-state index contributed by atoms with van der Waals surface area (Å²) in [5, 5.41) is 0.524. The molecule has 0 unspecified atom stereocenters. The third-order valence-corrected chi connectivity index (χ3v) is 2.36. The predicted molar refractivity (Wildman–Crippen MR) is 73.9 cm³/mol. The summed E-state index contributed by atoms with van der Waals surface area (Å²) in [5.41, 5.74) is 0. The Morgan fingerprint density at radius 1 is 1.26 bits per heavy atom. The second kappa shape index (κ2) is 7.89. The van der Waals surface area contributed by atoms with Gasteiger partial charge in [0.15, 0.2) is 18.1 Å². The lowest BCUT2D eigenvalue weighted by Crippen LogP contribution is -2.15. The van der Waals surface area contributed by atoms with Gasteiger partial charge in [-0.05, 0) is 25.0 Å². The molecule has 0 N–H and O–H groups in total. The summed E-state index contributed by atoms with van der Waals surface area (Å²) in [6, 6.07) is 5.07. The molecule has 1 aromatic rings. The number of carbonyl (C=O) groups excluding carboxylic acids is 1. The van der Waals surface area contributed by atoms with Gasteiger partial charge in [0.05, 0.1) is 13.2 Å². The van der Waals surface area contributed by atoms with E-state index in [2.05, 4.69) is 13.8 Å². The van der Waals surface area contributed by atoms with Gasteiger partial charge in [0, 0.05) is 11.1 Å². The lowest BCUT2D eigenvalue weighted by molar-refractivity contribution is -0.145. The molecule has 0 heterocycles. The van der Waals surface area contributed by atoms with Crippen LogP contribution in [0.4, 0.5) is 0 Å². The number of ether oxygens (including phenoxy) is 3. The number of hydrogen-bond donors (Lipinski definition) is 0. The molecule has 0 atom stereocenters. The van der Waals surface area contributed by atoms with Crippen LogP contribution in [-0.4, -0.2) is 25.8 Å². The van der Waals surface area contributed by atoms with Crippen LogP contribution >= 0.6 is 11.6 Å². The highest BCUT2D eigenvalue weighted by Crippen LogP contribution is 2.30. The van der Waals surface area contributed by atoms with Crippen molar-refractivity contribution in [3.63, 3.8) is 0 Å². The maximum absolute atomic E-state index is 11.3. The van der Waals surface area contributed by atoms with E-state index >= 15 is 0 Å². The Labute approximate surface area is 118 Å². The minimum Gasteiger partial charge on any atom is -0.489 e. The largest absolute Gasteiger partial charge is 0.489 e. The lowest BCUT2D eigenvalue weighted by Gasteiger charge is -2.14. The molecule has 0 fully saturated rings. The molecule has 0 aliphatic heterocycles. The summed E-state index contributed by atoms with van der Waals surface area (Å²) >= 11 is 5.90. The van der Waals surface area contributed by atoms with Crippen LogP contribution in [0.5, 0.6) is 11.5 Å². The maximum atomic E-state index is 11.3. The maximum Gasteiger partial charge on any atom is 0.344 e. The molecule has 0 amide bonds. The van der Waals surface area contributed by atoms with Gasteiger partial charge in [0.25, 0.3) is 0 Å². The Morgan fingerprint density at radius 3 is 2.63 bits per heavy atom. The average Bonchev–Trinajstić information content (AvgIpc) is 2.35. The lowest BCUT2D eigenvalue weighted by atomic mass is 10.2. The number of carbonyl (C=O) groups is 1. The van der Waals surface area contributed by atoms with E-state index in [4.69, 9.17) is 25.8 Å². The molecular formula is C14H19ClO4. The highest BCUT2D eigenvalue weighted by molar-refractivity contribution is 6.30. The summed E-state index contributed by atoms with van der Waals surface area (Å²) < 4.78 is 15.8. The average molecular weight is 287 g/mol. The van der Waals surface area contributed by atoms with Gasteiger partial charge in [-0.3, -0.25) is 0 Å². The zero-order chi connectivity index (χ0) is 14.3. The Hall–Kier alpha value is -1.42. The molecule has 106 valence electrons. The molecular weight excluding hydrogens is 268 g/mol. The van der Waals surface area contributed by atoms with Crippen molar-refractivity contribution < 1.29 is 19.0 Å². The molecule has 1 aromatic carbocycles. The third-order valence-electron chi connectivity index (χ3n) is 2.13. The number of halogens is 1. The van der Waals surface area contributed by atoms with Crippen molar-refractivity contribution in [1.82, 2.24) is 0 Å². The number of benzene rings is 1. The fraction of sp³-hybridized carbons (Fsp3) is 0.500. The topological polar surface area (TPSA) is 44.8 Å². The molecule has 0 saturated carbocycles. The minimum absolute atomic E-state index is 0.160. The standard InChI is InChI=1S/C14H19ClO4/c1-4-17-14(16)9-19-13-7-11(15)5-6-12(13)18-8-10(2)3/h5-7,10H,4,8-9H2,1-3H3. The van der Waals surface area contributed by atoms with E-state index < -0.39 is 5.97 Å². The smallest absolute Gasteiger partial charge is 0.344 e. The van der Waals surface area contributed by atoms with Gasteiger partial charge in [-0.2, -0.15) is 0 Å². The van der Waals surface area contributed by atoms with E-state index in [0.717, 1.165) is 0 Å². The van der Waals surface area contributed by atoms with Crippen LogP contribution in [0.1, 0.15) is 20.8 Å². The Balaban J connectivity index is 2.68. The summed E-state index contributed by atoms with van der Waals surface area (Å²) in [6.45, 7) is 6.58. The Bertz CT molecular complexity index is 418. The molecule has 0 spiro atoms. The van der Waals surface area contributed by atoms with Gasteiger partial charge in [0.2, 0.25) is 0 Å².